The highest BCUT2D eigenvalue weighted by Crippen LogP contribution is 2.40. The van der Waals surface area contributed by atoms with Crippen LogP contribution < -0.4 is 0 Å². The van der Waals surface area contributed by atoms with Crippen molar-refractivity contribution < 1.29 is 23.8 Å². The molecule has 6 heteroatoms. The Kier molecular flexibility index (Phi) is 5.71. The number of hydrogen-bond donors (Lipinski definition) is 1. The van der Waals surface area contributed by atoms with Gasteiger partial charge in [-0.25, -0.2) is 4.39 Å². The van der Waals surface area contributed by atoms with Gasteiger partial charge in [0, 0.05) is 38.1 Å². The Labute approximate surface area is 147 Å². The van der Waals surface area contributed by atoms with Crippen molar-refractivity contribution in [3.05, 3.63) is 47.5 Å². The Morgan fingerprint density at radius 3 is 2.68 bits per heavy atom. The highest BCUT2D eigenvalue weighted by Gasteiger charge is 2.40. The van der Waals surface area contributed by atoms with Crippen LogP contribution in [-0.4, -0.2) is 48.5 Å². The molecule has 0 saturated carbocycles. The number of halogens is 1. The van der Waals surface area contributed by atoms with Gasteiger partial charge in [0.05, 0.1) is 0 Å². The molecule has 25 heavy (non-hydrogen) atoms. The largest absolute Gasteiger partial charge is 0.459 e. The van der Waals surface area contributed by atoms with E-state index in [4.69, 9.17) is 9.47 Å². The van der Waals surface area contributed by atoms with Crippen LogP contribution in [0.5, 0.6) is 0 Å². The fourth-order valence-electron chi connectivity index (χ4n) is 3.23. The van der Waals surface area contributed by atoms with Crippen LogP contribution >= 0.6 is 0 Å². The van der Waals surface area contributed by atoms with E-state index < -0.39 is 6.29 Å². The van der Waals surface area contributed by atoms with Crippen molar-refractivity contribution >= 4 is 5.91 Å². The van der Waals surface area contributed by atoms with E-state index in [0.717, 1.165) is 18.7 Å². The molecule has 0 radical (unpaired) electrons. The van der Waals surface area contributed by atoms with Gasteiger partial charge in [-0.3, -0.25) is 4.79 Å². The molecule has 2 heterocycles. The molecular formula is C19H24FNO4. The van der Waals surface area contributed by atoms with Gasteiger partial charge in [-0.1, -0.05) is 12.1 Å². The van der Waals surface area contributed by atoms with E-state index in [0.29, 0.717) is 25.2 Å². The van der Waals surface area contributed by atoms with Crippen LogP contribution in [0, 0.1) is 11.7 Å². The highest BCUT2D eigenvalue weighted by molar-refractivity contribution is 5.93. The molecule has 1 N–H and O–H groups in total. The first-order valence-corrected chi connectivity index (χ1v) is 8.79. The lowest BCUT2D eigenvalue weighted by Gasteiger charge is -2.37. The fourth-order valence-corrected chi connectivity index (χ4v) is 3.23. The first-order valence-electron chi connectivity index (χ1n) is 8.79. The number of carbonyl (C=O) groups is 1. The molecule has 0 aromatic heterocycles. The summed E-state index contributed by atoms with van der Waals surface area (Å²) in [5, 5.41) is 9.22. The minimum Gasteiger partial charge on any atom is -0.459 e. The minimum absolute atomic E-state index is 0.0525. The SMILES string of the molecule is CCO[C@@H]1OC(C(=O)N2CC2)=C[C@H](c2ccc(F)cc2)[C@@H]1CCCO. The molecule has 0 bridgehead atoms. The maximum absolute atomic E-state index is 13.3. The zero-order chi connectivity index (χ0) is 17.8. The first-order chi connectivity index (χ1) is 12.1. The van der Waals surface area contributed by atoms with Crippen LogP contribution in [0.2, 0.25) is 0 Å². The number of aliphatic hydroxyl groups excluding tert-OH is 1. The van der Waals surface area contributed by atoms with Crippen molar-refractivity contribution in [1.29, 1.82) is 0 Å². The van der Waals surface area contributed by atoms with Gasteiger partial charge in [0.1, 0.15) is 5.82 Å². The number of ether oxygens (including phenoxy) is 2. The van der Waals surface area contributed by atoms with E-state index in [2.05, 4.69) is 0 Å². The number of hydrogen-bond acceptors (Lipinski definition) is 4. The van der Waals surface area contributed by atoms with Crippen LogP contribution in [0.15, 0.2) is 36.1 Å². The Morgan fingerprint density at radius 2 is 2.08 bits per heavy atom. The average molecular weight is 349 g/mol. The molecule has 0 aliphatic carbocycles. The predicted octanol–water partition coefficient (Wildman–Crippen LogP) is 2.42. The second-order valence-corrected chi connectivity index (χ2v) is 6.37. The standard InChI is InChI=1S/C19H24FNO4/c1-2-24-19-15(4-3-11-22)16(13-5-7-14(20)8-6-13)12-17(25-19)18(23)21-9-10-21/h5-8,12,15-16,19,22H,2-4,9-11H2,1H3/t15-,16+,19+/m0/s1. The van der Waals surface area contributed by atoms with Gasteiger partial charge >= 0.3 is 0 Å². The van der Waals surface area contributed by atoms with E-state index in [1.165, 1.54) is 12.1 Å². The van der Waals surface area contributed by atoms with Crippen LogP contribution in [0.1, 0.15) is 31.2 Å². The number of benzene rings is 1. The number of allylic oxidation sites excluding steroid dienone is 1. The first kappa shape index (κ1) is 17.9. The van der Waals surface area contributed by atoms with Gasteiger partial charge in [0.2, 0.25) is 6.29 Å². The monoisotopic (exact) mass is 349 g/mol. The number of amides is 1. The topological polar surface area (TPSA) is 58.8 Å². The highest BCUT2D eigenvalue weighted by atomic mass is 19.1. The zero-order valence-corrected chi connectivity index (χ0v) is 14.4. The van der Waals surface area contributed by atoms with Crippen molar-refractivity contribution in [2.75, 3.05) is 26.3 Å². The number of carbonyl (C=O) groups excluding carboxylic acids is 1. The van der Waals surface area contributed by atoms with Gasteiger partial charge in [0.15, 0.2) is 5.76 Å². The zero-order valence-electron chi connectivity index (χ0n) is 14.4. The number of aliphatic hydroxyl groups is 1. The maximum atomic E-state index is 13.3. The molecule has 1 amide bonds. The van der Waals surface area contributed by atoms with E-state index in [-0.39, 0.29) is 30.2 Å². The maximum Gasteiger partial charge on any atom is 0.288 e. The molecule has 1 saturated heterocycles. The lowest BCUT2D eigenvalue weighted by atomic mass is 9.80. The molecule has 1 aromatic rings. The molecule has 0 spiro atoms. The average Bonchev–Trinajstić information content (AvgIpc) is 3.45. The molecule has 1 fully saturated rings. The van der Waals surface area contributed by atoms with Gasteiger partial charge in [-0.15, -0.1) is 0 Å². The van der Waals surface area contributed by atoms with E-state index in [1.807, 2.05) is 13.0 Å². The van der Waals surface area contributed by atoms with Crippen LogP contribution in [-0.2, 0) is 14.3 Å². The fraction of sp³-hybridized carbons (Fsp3) is 0.526. The summed E-state index contributed by atoms with van der Waals surface area (Å²) in [6, 6.07) is 6.30. The van der Waals surface area contributed by atoms with Crippen molar-refractivity contribution in [3.63, 3.8) is 0 Å². The molecule has 0 unspecified atom stereocenters. The molecule has 2 aliphatic rings. The number of rotatable bonds is 7. The molecule has 136 valence electrons. The minimum atomic E-state index is -0.560. The smallest absolute Gasteiger partial charge is 0.288 e. The van der Waals surface area contributed by atoms with Crippen LogP contribution in [0.4, 0.5) is 4.39 Å². The van der Waals surface area contributed by atoms with Crippen molar-refractivity contribution in [2.24, 2.45) is 5.92 Å². The quantitative estimate of drug-likeness (QED) is 0.768. The molecule has 3 rings (SSSR count). The van der Waals surface area contributed by atoms with Gasteiger partial charge in [-0.05, 0) is 43.5 Å². The molecule has 3 atom stereocenters. The van der Waals surface area contributed by atoms with Crippen molar-refractivity contribution in [1.82, 2.24) is 4.90 Å². The van der Waals surface area contributed by atoms with Crippen molar-refractivity contribution in [2.45, 2.75) is 32.0 Å². The molecule has 5 nitrogen and oxygen atoms in total. The lowest BCUT2D eigenvalue weighted by molar-refractivity contribution is -0.168. The summed E-state index contributed by atoms with van der Waals surface area (Å²) in [5.74, 6) is -0.309. The summed E-state index contributed by atoms with van der Waals surface area (Å²) in [4.78, 5) is 14.1. The van der Waals surface area contributed by atoms with Gasteiger partial charge < -0.3 is 19.5 Å². The third-order valence-corrected chi connectivity index (χ3v) is 4.61. The molecular weight excluding hydrogens is 325 g/mol. The summed E-state index contributed by atoms with van der Waals surface area (Å²) < 4.78 is 24.9. The summed E-state index contributed by atoms with van der Waals surface area (Å²) >= 11 is 0. The van der Waals surface area contributed by atoms with Crippen LogP contribution in [0.25, 0.3) is 0 Å². The Morgan fingerprint density at radius 1 is 1.36 bits per heavy atom. The van der Waals surface area contributed by atoms with Gasteiger partial charge in [-0.2, -0.15) is 0 Å². The number of nitrogens with zero attached hydrogens (tertiary/aromatic N) is 1. The summed E-state index contributed by atoms with van der Waals surface area (Å²) in [7, 11) is 0. The van der Waals surface area contributed by atoms with Crippen LogP contribution in [0.3, 0.4) is 0 Å². The summed E-state index contributed by atoms with van der Waals surface area (Å²) in [6.07, 6.45) is 2.56. The lowest BCUT2D eigenvalue weighted by Crippen LogP contribution is -2.37. The molecule has 2 aliphatic heterocycles. The second-order valence-electron chi connectivity index (χ2n) is 6.37. The second kappa shape index (κ2) is 7.97. The Hall–Kier alpha value is -1.92. The van der Waals surface area contributed by atoms with E-state index in [1.54, 1.807) is 17.0 Å². The van der Waals surface area contributed by atoms with E-state index >= 15 is 0 Å². The van der Waals surface area contributed by atoms with Crippen molar-refractivity contribution in [3.8, 4) is 0 Å². The Bertz CT molecular complexity index is 627. The van der Waals surface area contributed by atoms with E-state index in [9.17, 15) is 14.3 Å². The predicted molar refractivity (Wildman–Crippen MR) is 90.1 cm³/mol. The summed E-state index contributed by atoms with van der Waals surface area (Å²) in [5.41, 5.74) is 0.911. The van der Waals surface area contributed by atoms with Gasteiger partial charge in [0.25, 0.3) is 5.91 Å². The summed E-state index contributed by atoms with van der Waals surface area (Å²) in [6.45, 7) is 3.90. The third-order valence-electron chi connectivity index (χ3n) is 4.61. The molecule has 1 aromatic carbocycles. The normalized spacial score (nSPS) is 25.3. The Balaban J connectivity index is 1.93. The third kappa shape index (κ3) is 4.19.